The number of halogens is 2. The predicted octanol–water partition coefficient (Wildman–Crippen LogP) is 4.04. The van der Waals surface area contributed by atoms with Crippen molar-refractivity contribution in [2.24, 2.45) is 11.7 Å². The van der Waals surface area contributed by atoms with E-state index in [9.17, 15) is 5.11 Å². The summed E-state index contributed by atoms with van der Waals surface area (Å²) in [6.07, 6.45) is 5.39. The summed E-state index contributed by atoms with van der Waals surface area (Å²) in [5.41, 5.74) is 7.13. The molecule has 1 fully saturated rings. The van der Waals surface area contributed by atoms with Crippen molar-refractivity contribution >= 4 is 27.5 Å². The zero-order chi connectivity index (χ0) is 13.1. The van der Waals surface area contributed by atoms with Crippen molar-refractivity contribution in [3.05, 3.63) is 33.3 Å². The van der Waals surface area contributed by atoms with Crippen LogP contribution < -0.4 is 5.73 Å². The number of hydrogen-bond acceptors (Lipinski definition) is 2. The molecule has 0 radical (unpaired) electrons. The maximum Gasteiger partial charge on any atom is 0.0761 e. The molecule has 0 aliphatic heterocycles. The third kappa shape index (κ3) is 3.27. The van der Waals surface area contributed by atoms with E-state index in [1.165, 1.54) is 19.3 Å². The fraction of sp³-hybridized carbons (Fsp3) is 0.571. The molecule has 0 aromatic heterocycles. The second-order valence-corrected chi connectivity index (χ2v) is 6.37. The number of rotatable bonds is 3. The maximum atomic E-state index is 10.4. The Bertz CT molecular complexity index is 407. The van der Waals surface area contributed by atoms with Crippen LogP contribution in [0.2, 0.25) is 5.02 Å². The molecule has 100 valence electrons. The lowest BCUT2D eigenvalue weighted by molar-refractivity contribution is 0.0616. The van der Waals surface area contributed by atoms with Crippen LogP contribution in [0.5, 0.6) is 0 Å². The average Bonchev–Trinajstić information content (AvgIpc) is 2.38. The zero-order valence-corrected chi connectivity index (χ0v) is 12.6. The number of aliphatic hydroxyl groups is 1. The van der Waals surface area contributed by atoms with Gasteiger partial charge in [0.2, 0.25) is 0 Å². The van der Waals surface area contributed by atoms with Gasteiger partial charge in [0.05, 0.1) is 12.1 Å². The highest BCUT2D eigenvalue weighted by molar-refractivity contribution is 9.10. The van der Waals surface area contributed by atoms with Gasteiger partial charge in [0, 0.05) is 9.50 Å². The fourth-order valence-electron chi connectivity index (χ4n) is 2.72. The van der Waals surface area contributed by atoms with E-state index >= 15 is 0 Å². The second-order valence-electron chi connectivity index (χ2n) is 5.08. The van der Waals surface area contributed by atoms with E-state index in [4.69, 9.17) is 17.3 Å². The van der Waals surface area contributed by atoms with E-state index in [1.807, 2.05) is 18.2 Å². The molecule has 0 saturated heterocycles. The minimum Gasteiger partial charge on any atom is -0.391 e. The number of aliphatic hydroxyl groups excluding tert-OH is 1. The summed E-state index contributed by atoms with van der Waals surface area (Å²) >= 11 is 9.38. The van der Waals surface area contributed by atoms with Gasteiger partial charge in [-0.2, -0.15) is 0 Å². The first-order valence-electron chi connectivity index (χ1n) is 6.48. The van der Waals surface area contributed by atoms with Crippen molar-refractivity contribution in [2.75, 3.05) is 0 Å². The van der Waals surface area contributed by atoms with Crippen LogP contribution in [-0.4, -0.2) is 11.2 Å². The molecular weight excluding hydrogens is 314 g/mol. The van der Waals surface area contributed by atoms with E-state index in [0.717, 1.165) is 22.9 Å². The van der Waals surface area contributed by atoms with Gasteiger partial charge in [0.25, 0.3) is 0 Å². The van der Waals surface area contributed by atoms with E-state index in [1.54, 1.807) is 0 Å². The number of hydrogen-bond donors (Lipinski definition) is 2. The van der Waals surface area contributed by atoms with Crippen LogP contribution in [0.3, 0.4) is 0 Å². The summed E-state index contributed by atoms with van der Waals surface area (Å²) in [7, 11) is 0. The third-order valence-electron chi connectivity index (χ3n) is 3.82. The van der Waals surface area contributed by atoms with Crippen LogP contribution in [0.4, 0.5) is 0 Å². The Morgan fingerprint density at radius 3 is 2.56 bits per heavy atom. The molecular formula is C14H19BrClNO. The largest absolute Gasteiger partial charge is 0.391 e. The van der Waals surface area contributed by atoms with Crippen LogP contribution in [0.15, 0.2) is 22.7 Å². The van der Waals surface area contributed by atoms with Crippen LogP contribution in [0.25, 0.3) is 0 Å². The molecule has 4 heteroatoms. The standard InChI is InChI=1S/C14H19BrClNO/c15-12-8-10(16)6-7-11(12)13(17)14(18)9-4-2-1-3-5-9/h6-9,13-14,18H,1-5,17H2/t13-,14+/m1/s1. The van der Waals surface area contributed by atoms with Gasteiger partial charge >= 0.3 is 0 Å². The Morgan fingerprint density at radius 1 is 1.28 bits per heavy atom. The monoisotopic (exact) mass is 331 g/mol. The minimum absolute atomic E-state index is 0.330. The predicted molar refractivity (Wildman–Crippen MR) is 78.7 cm³/mol. The van der Waals surface area contributed by atoms with Crippen LogP contribution in [0, 0.1) is 5.92 Å². The lowest BCUT2D eigenvalue weighted by Gasteiger charge is -2.31. The van der Waals surface area contributed by atoms with Gasteiger partial charge in [0.15, 0.2) is 0 Å². The highest BCUT2D eigenvalue weighted by Crippen LogP contribution is 2.34. The van der Waals surface area contributed by atoms with Gasteiger partial charge in [-0.15, -0.1) is 0 Å². The SMILES string of the molecule is N[C@H](c1ccc(Cl)cc1Br)[C@@H](O)C1CCCCC1. The van der Waals surface area contributed by atoms with Crippen molar-refractivity contribution in [2.45, 2.75) is 44.2 Å². The molecule has 0 unspecified atom stereocenters. The van der Waals surface area contributed by atoms with Gasteiger partial charge in [-0.1, -0.05) is 52.9 Å². The van der Waals surface area contributed by atoms with Gasteiger partial charge in [-0.25, -0.2) is 0 Å². The van der Waals surface area contributed by atoms with Crippen LogP contribution in [-0.2, 0) is 0 Å². The summed E-state index contributed by atoms with van der Waals surface area (Å²) in [6, 6.07) is 5.18. The smallest absolute Gasteiger partial charge is 0.0761 e. The van der Waals surface area contributed by atoms with Crippen molar-refractivity contribution in [3.63, 3.8) is 0 Å². The van der Waals surface area contributed by atoms with E-state index < -0.39 is 6.10 Å². The maximum absolute atomic E-state index is 10.4. The third-order valence-corrected chi connectivity index (χ3v) is 4.74. The minimum atomic E-state index is -0.470. The molecule has 1 aromatic carbocycles. The molecule has 0 bridgehead atoms. The molecule has 1 aliphatic rings. The molecule has 3 N–H and O–H groups in total. The van der Waals surface area contributed by atoms with Crippen molar-refractivity contribution < 1.29 is 5.11 Å². The normalized spacial score (nSPS) is 20.7. The summed E-state index contributed by atoms with van der Waals surface area (Å²) < 4.78 is 0.873. The molecule has 2 nitrogen and oxygen atoms in total. The fourth-order valence-corrected chi connectivity index (χ4v) is 3.67. The highest BCUT2D eigenvalue weighted by Gasteiger charge is 2.28. The Labute approximate surface area is 122 Å². The Hall–Kier alpha value is -0.0900. The number of benzene rings is 1. The highest BCUT2D eigenvalue weighted by atomic mass is 79.9. The summed E-state index contributed by atoms with van der Waals surface area (Å²) in [5.74, 6) is 0.330. The van der Waals surface area contributed by atoms with Crippen molar-refractivity contribution in [1.82, 2.24) is 0 Å². The Kier molecular flexibility index (Phi) is 5.07. The lowest BCUT2D eigenvalue weighted by atomic mass is 9.81. The summed E-state index contributed by atoms with van der Waals surface area (Å²) in [4.78, 5) is 0. The Morgan fingerprint density at radius 2 is 1.94 bits per heavy atom. The second kappa shape index (κ2) is 6.38. The summed E-state index contributed by atoms with van der Waals surface area (Å²) in [5, 5.41) is 11.1. The Balaban J connectivity index is 2.11. The van der Waals surface area contributed by atoms with Gasteiger partial charge in [-0.05, 0) is 36.5 Å². The first-order chi connectivity index (χ1) is 8.59. The first-order valence-corrected chi connectivity index (χ1v) is 7.65. The summed E-state index contributed by atoms with van der Waals surface area (Å²) in [6.45, 7) is 0. The van der Waals surface area contributed by atoms with Crippen molar-refractivity contribution in [1.29, 1.82) is 0 Å². The van der Waals surface area contributed by atoms with Gasteiger partial charge < -0.3 is 10.8 Å². The molecule has 0 amide bonds. The molecule has 2 rings (SSSR count). The zero-order valence-electron chi connectivity index (χ0n) is 10.3. The first kappa shape index (κ1) is 14.3. The average molecular weight is 333 g/mol. The van der Waals surface area contributed by atoms with Crippen molar-refractivity contribution in [3.8, 4) is 0 Å². The lowest BCUT2D eigenvalue weighted by Crippen LogP contribution is -2.34. The van der Waals surface area contributed by atoms with Gasteiger partial charge in [-0.3, -0.25) is 0 Å². The molecule has 1 aromatic rings. The number of nitrogens with two attached hydrogens (primary N) is 1. The molecule has 18 heavy (non-hydrogen) atoms. The van der Waals surface area contributed by atoms with Crippen LogP contribution in [0.1, 0.15) is 43.7 Å². The van der Waals surface area contributed by atoms with E-state index in [2.05, 4.69) is 15.9 Å². The van der Waals surface area contributed by atoms with E-state index in [-0.39, 0.29) is 6.04 Å². The molecule has 1 saturated carbocycles. The van der Waals surface area contributed by atoms with E-state index in [0.29, 0.717) is 10.9 Å². The molecule has 1 aliphatic carbocycles. The topological polar surface area (TPSA) is 46.2 Å². The van der Waals surface area contributed by atoms with Crippen LogP contribution >= 0.6 is 27.5 Å². The molecule has 0 heterocycles. The molecule has 2 atom stereocenters. The molecule has 0 spiro atoms. The quantitative estimate of drug-likeness (QED) is 0.877. The van der Waals surface area contributed by atoms with Gasteiger partial charge in [0.1, 0.15) is 0 Å².